The quantitative estimate of drug-likeness (QED) is 0.493. The molecule has 0 bridgehead atoms. The van der Waals surface area contributed by atoms with Crippen LogP contribution in [-0.4, -0.2) is 30.6 Å². The van der Waals surface area contributed by atoms with Crippen molar-refractivity contribution in [2.75, 3.05) is 13.6 Å². The van der Waals surface area contributed by atoms with Crippen LogP contribution < -0.4 is 5.32 Å². The molecule has 0 aliphatic heterocycles. The van der Waals surface area contributed by atoms with Crippen LogP contribution in [0.4, 0.5) is 0 Å². The first-order valence-electron chi connectivity index (χ1n) is 8.07. The molecule has 1 aromatic carbocycles. The van der Waals surface area contributed by atoms with E-state index in [1.165, 1.54) is 0 Å². The molecule has 0 heterocycles. The van der Waals surface area contributed by atoms with Crippen molar-refractivity contribution in [3.63, 3.8) is 0 Å². The molecule has 24 heavy (non-hydrogen) atoms. The number of aromatic hydroxyl groups is 1. The van der Waals surface area contributed by atoms with Gasteiger partial charge >= 0.3 is 0 Å². The van der Waals surface area contributed by atoms with Crippen molar-refractivity contribution in [3.05, 3.63) is 51.8 Å². The van der Waals surface area contributed by atoms with E-state index >= 15 is 0 Å². The lowest BCUT2D eigenvalue weighted by Gasteiger charge is -2.09. The first kappa shape index (κ1) is 20.2. The third-order valence-corrected chi connectivity index (χ3v) is 4.12. The van der Waals surface area contributed by atoms with Gasteiger partial charge in [-0.15, -0.1) is 0 Å². The predicted molar refractivity (Wildman–Crippen MR) is 107 cm³/mol. The molecule has 4 nitrogen and oxygen atoms in total. The highest BCUT2D eigenvalue weighted by atomic mass is 79.9. The zero-order valence-corrected chi connectivity index (χ0v) is 16.4. The minimum absolute atomic E-state index is 0.210. The van der Waals surface area contributed by atoms with Gasteiger partial charge in [-0.2, -0.15) is 0 Å². The summed E-state index contributed by atoms with van der Waals surface area (Å²) >= 11 is 3.46. The van der Waals surface area contributed by atoms with E-state index < -0.39 is 0 Å². The Morgan fingerprint density at radius 2 is 2.00 bits per heavy atom. The molecule has 0 saturated heterocycles. The number of nitrogens with zero attached hydrogens (tertiary/aromatic N) is 2. The van der Waals surface area contributed by atoms with Crippen molar-refractivity contribution in [1.29, 1.82) is 0 Å². The van der Waals surface area contributed by atoms with Crippen LogP contribution in [-0.2, 0) is 0 Å². The molecule has 0 saturated carbocycles. The van der Waals surface area contributed by atoms with Gasteiger partial charge in [0.1, 0.15) is 5.75 Å². The maximum Gasteiger partial charge on any atom is 0.124 e. The van der Waals surface area contributed by atoms with E-state index in [9.17, 15) is 5.11 Å². The lowest BCUT2D eigenvalue weighted by Crippen LogP contribution is -2.14. The minimum Gasteiger partial charge on any atom is -0.507 e. The number of nitrogens with one attached hydrogen (secondary N) is 1. The number of hydrogen-bond acceptors (Lipinski definition) is 4. The van der Waals surface area contributed by atoms with Gasteiger partial charge in [0.2, 0.25) is 0 Å². The molecule has 130 valence electrons. The Hall–Kier alpha value is -1.88. The second-order valence-electron chi connectivity index (χ2n) is 5.44. The van der Waals surface area contributed by atoms with Crippen LogP contribution in [0.5, 0.6) is 5.75 Å². The number of phenolic OH excluding ortho intramolecular Hbond substituents is 1. The van der Waals surface area contributed by atoms with Crippen LogP contribution in [0.3, 0.4) is 0 Å². The number of hydrogen-bond donors (Lipinski definition) is 2. The van der Waals surface area contributed by atoms with E-state index in [0.29, 0.717) is 11.3 Å². The van der Waals surface area contributed by atoms with Crippen molar-refractivity contribution in [3.8, 4) is 5.75 Å². The summed E-state index contributed by atoms with van der Waals surface area (Å²) in [6, 6.07) is 7.22. The molecule has 1 aromatic rings. The molecule has 0 aliphatic carbocycles. The highest BCUT2D eigenvalue weighted by Crippen LogP contribution is 2.20. The summed E-state index contributed by atoms with van der Waals surface area (Å²) in [4.78, 5) is 8.67. The second-order valence-corrected chi connectivity index (χ2v) is 6.30. The van der Waals surface area contributed by atoms with Gasteiger partial charge in [-0.3, -0.25) is 9.98 Å². The molecule has 0 fully saturated rings. The van der Waals surface area contributed by atoms with Crippen molar-refractivity contribution >= 4 is 27.9 Å². The zero-order chi connectivity index (χ0) is 17.9. The largest absolute Gasteiger partial charge is 0.507 e. The van der Waals surface area contributed by atoms with E-state index in [2.05, 4.69) is 38.2 Å². The Morgan fingerprint density at radius 1 is 1.29 bits per heavy atom. The van der Waals surface area contributed by atoms with Crippen LogP contribution in [0.2, 0.25) is 0 Å². The molecule has 0 aliphatic rings. The lowest BCUT2D eigenvalue weighted by molar-refractivity contribution is 0.474. The van der Waals surface area contributed by atoms with Crippen molar-refractivity contribution in [1.82, 2.24) is 5.32 Å². The van der Waals surface area contributed by atoms with Crippen LogP contribution in [0.1, 0.15) is 39.2 Å². The van der Waals surface area contributed by atoms with Gasteiger partial charge in [0, 0.05) is 31.1 Å². The fourth-order valence-electron chi connectivity index (χ4n) is 2.02. The fraction of sp³-hybridized carbons (Fsp3) is 0.368. The van der Waals surface area contributed by atoms with Gasteiger partial charge in [0.15, 0.2) is 0 Å². The van der Waals surface area contributed by atoms with E-state index in [-0.39, 0.29) is 5.75 Å². The molecule has 0 unspecified atom stereocenters. The maximum atomic E-state index is 10.2. The van der Waals surface area contributed by atoms with E-state index in [1.807, 2.05) is 32.1 Å². The molecule has 0 spiro atoms. The van der Waals surface area contributed by atoms with Crippen LogP contribution >= 0.6 is 15.9 Å². The van der Waals surface area contributed by atoms with E-state index in [1.54, 1.807) is 25.4 Å². The molecule has 0 aromatic heterocycles. The first-order valence-corrected chi connectivity index (χ1v) is 8.86. The number of allylic oxidation sites excluding steroid dienone is 4. The SMILES string of the molecule is CCCCN/C(C)=C/C(=N/C(C)=C(\Br)C=NC)c1ccccc1O. The molecule has 0 radical (unpaired) electrons. The second kappa shape index (κ2) is 10.8. The van der Waals surface area contributed by atoms with Gasteiger partial charge < -0.3 is 10.4 Å². The summed E-state index contributed by atoms with van der Waals surface area (Å²) in [6.45, 7) is 7.00. The maximum absolute atomic E-state index is 10.2. The van der Waals surface area contributed by atoms with Crippen molar-refractivity contribution < 1.29 is 5.11 Å². The molecule has 0 atom stereocenters. The van der Waals surface area contributed by atoms with Gasteiger partial charge in [0.25, 0.3) is 0 Å². The van der Waals surface area contributed by atoms with E-state index in [4.69, 9.17) is 0 Å². The number of para-hydroxylation sites is 1. The molecule has 2 N–H and O–H groups in total. The molecular formula is C19H26BrN3O. The molecular weight excluding hydrogens is 366 g/mol. The summed E-state index contributed by atoms with van der Waals surface area (Å²) in [5.74, 6) is 0.210. The van der Waals surface area contributed by atoms with Crippen LogP contribution in [0.15, 0.2) is 56.2 Å². The number of phenols is 1. The molecule has 0 amide bonds. The van der Waals surface area contributed by atoms with Gasteiger partial charge in [0.05, 0.1) is 15.9 Å². The third kappa shape index (κ3) is 6.71. The summed E-state index contributed by atoms with van der Waals surface area (Å²) in [6.07, 6.45) is 5.92. The zero-order valence-electron chi connectivity index (χ0n) is 14.8. The van der Waals surface area contributed by atoms with Gasteiger partial charge in [-0.1, -0.05) is 25.5 Å². The number of rotatable bonds is 8. The Kier molecular flexibility index (Phi) is 9.08. The third-order valence-electron chi connectivity index (χ3n) is 3.34. The highest BCUT2D eigenvalue weighted by Gasteiger charge is 2.08. The van der Waals surface area contributed by atoms with Crippen LogP contribution in [0.25, 0.3) is 0 Å². The standard InChI is InChI=1S/C19H26BrN3O/c1-5-6-11-22-14(2)12-18(16-9-7-8-10-19(16)24)23-15(3)17(20)13-21-4/h7-10,12-13,22,24H,5-6,11H2,1-4H3/b14-12+,17-15-,21-13?,23-18-. The lowest BCUT2D eigenvalue weighted by atomic mass is 10.1. The average Bonchev–Trinajstić information content (AvgIpc) is 2.55. The smallest absolute Gasteiger partial charge is 0.124 e. The number of unbranched alkanes of at least 4 members (excludes halogenated alkanes) is 1. The first-order chi connectivity index (χ1) is 11.5. The van der Waals surface area contributed by atoms with Crippen molar-refractivity contribution in [2.24, 2.45) is 9.98 Å². The Labute approximate surface area is 153 Å². The number of benzene rings is 1. The molecule has 1 rings (SSSR count). The monoisotopic (exact) mass is 391 g/mol. The fourth-order valence-corrected chi connectivity index (χ4v) is 2.31. The average molecular weight is 392 g/mol. The highest BCUT2D eigenvalue weighted by molar-refractivity contribution is 9.12. The normalized spacial score (nSPS) is 14.0. The number of halogens is 1. The molecule has 5 heteroatoms. The van der Waals surface area contributed by atoms with Gasteiger partial charge in [-0.25, -0.2) is 0 Å². The Balaban J connectivity index is 3.25. The van der Waals surface area contributed by atoms with E-state index in [0.717, 1.165) is 35.3 Å². The summed E-state index contributed by atoms with van der Waals surface area (Å²) < 4.78 is 0.808. The predicted octanol–water partition coefficient (Wildman–Crippen LogP) is 4.80. The number of aliphatic imine (C=N–C) groups is 2. The Bertz CT molecular complexity index is 660. The Morgan fingerprint density at radius 3 is 2.62 bits per heavy atom. The summed E-state index contributed by atoms with van der Waals surface area (Å²) in [5.41, 5.74) is 3.20. The summed E-state index contributed by atoms with van der Waals surface area (Å²) in [5, 5.41) is 13.6. The van der Waals surface area contributed by atoms with Crippen LogP contribution in [0, 0.1) is 0 Å². The summed E-state index contributed by atoms with van der Waals surface area (Å²) in [7, 11) is 1.71. The van der Waals surface area contributed by atoms with Crippen molar-refractivity contribution in [2.45, 2.75) is 33.6 Å². The van der Waals surface area contributed by atoms with Gasteiger partial charge in [-0.05, 0) is 54.4 Å². The minimum atomic E-state index is 0.210. The topological polar surface area (TPSA) is 57.0 Å².